The molecule has 5 rings (SSSR count). The number of anilines is 3. The first-order valence-electron chi connectivity index (χ1n) is 9.79. The van der Waals surface area contributed by atoms with Crippen molar-refractivity contribution < 1.29 is 9.72 Å². The average molecular weight is 425 g/mol. The maximum atomic E-state index is 13.0. The molecular weight excluding hydrogens is 406 g/mol. The van der Waals surface area contributed by atoms with Crippen LogP contribution in [0.25, 0.3) is 10.2 Å². The van der Waals surface area contributed by atoms with Crippen LogP contribution in [0.2, 0.25) is 0 Å². The number of nitrogens with one attached hydrogen (secondary N) is 2. The van der Waals surface area contributed by atoms with Gasteiger partial charge in [0.2, 0.25) is 17.7 Å². The molecule has 0 spiro atoms. The number of hydrogen-bond donors (Lipinski definition) is 2. The molecule has 0 unspecified atom stereocenters. The average Bonchev–Trinajstić information content (AvgIpc) is 3.25. The minimum absolute atomic E-state index is 0.152. The minimum Gasteiger partial charge on any atom is -0.361 e. The summed E-state index contributed by atoms with van der Waals surface area (Å²) in [7, 11) is 0. The molecule has 1 saturated carbocycles. The Bertz CT molecular complexity index is 1100. The second kappa shape index (κ2) is 7.48. The van der Waals surface area contributed by atoms with E-state index in [0.29, 0.717) is 24.0 Å². The van der Waals surface area contributed by atoms with Crippen molar-refractivity contribution in [3.8, 4) is 0 Å². The van der Waals surface area contributed by atoms with Gasteiger partial charge < -0.3 is 15.5 Å². The predicted octanol–water partition coefficient (Wildman–Crippen LogP) is 3.18. The van der Waals surface area contributed by atoms with Crippen LogP contribution in [0.1, 0.15) is 25.7 Å². The summed E-state index contributed by atoms with van der Waals surface area (Å²) in [6, 6.07) is 7.47. The topological polar surface area (TPSA) is 126 Å². The first-order chi connectivity index (χ1) is 14.6. The smallest absolute Gasteiger partial charge is 0.329 e. The van der Waals surface area contributed by atoms with E-state index >= 15 is 0 Å². The van der Waals surface area contributed by atoms with Gasteiger partial charge in [0.05, 0.1) is 15.1 Å². The summed E-state index contributed by atoms with van der Waals surface area (Å²) < 4.78 is 1.01. The second-order valence-electron chi connectivity index (χ2n) is 7.41. The number of thiazole rings is 1. The summed E-state index contributed by atoms with van der Waals surface area (Å²) in [5.41, 5.74) is 0.691. The Morgan fingerprint density at radius 2 is 2.07 bits per heavy atom. The predicted molar refractivity (Wildman–Crippen MR) is 114 cm³/mol. The van der Waals surface area contributed by atoms with Gasteiger partial charge in [0, 0.05) is 12.6 Å². The molecule has 1 aromatic carbocycles. The first kappa shape index (κ1) is 18.7. The number of para-hydroxylation sites is 1. The van der Waals surface area contributed by atoms with Crippen LogP contribution in [0, 0.1) is 10.1 Å². The summed E-state index contributed by atoms with van der Waals surface area (Å²) in [4.78, 5) is 38.6. The molecule has 3 heterocycles. The number of nitrogens with zero attached hydrogens (tertiary/aromatic N) is 5. The number of hydrogen-bond acceptors (Lipinski definition) is 9. The summed E-state index contributed by atoms with van der Waals surface area (Å²) in [5.74, 6) is 0.362. The Kier molecular flexibility index (Phi) is 4.66. The van der Waals surface area contributed by atoms with E-state index in [1.807, 2.05) is 29.2 Å². The standard InChI is InChI=1S/C19H19N7O3S/c27-17(24-19-22-12-4-1-2-6-15(12)30-19)13-5-3-9-25(13)18-20-10-14(26(28)29)16(23-18)21-11-7-8-11/h1-2,4,6,10-11,13H,3,5,7-9H2,(H,20,21,23)(H,22,24,27)/t13-/m1/s1. The van der Waals surface area contributed by atoms with Crippen LogP contribution in [-0.2, 0) is 4.79 Å². The monoisotopic (exact) mass is 425 g/mol. The van der Waals surface area contributed by atoms with Crippen LogP contribution in [0.5, 0.6) is 0 Å². The van der Waals surface area contributed by atoms with Gasteiger partial charge >= 0.3 is 5.69 Å². The summed E-state index contributed by atoms with van der Waals surface area (Å²) >= 11 is 1.43. The van der Waals surface area contributed by atoms with Gasteiger partial charge in [0.15, 0.2) is 5.13 Å². The van der Waals surface area contributed by atoms with Crippen LogP contribution in [0.4, 0.5) is 22.6 Å². The molecule has 0 bridgehead atoms. The number of benzene rings is 1. The fraction of sp³-hybridized carbons (Fsp3) is 0.368. The molecule has 154 valence electrons. The molecule has 1 atom stereocenters. The minimum atomic E-state index is -0.490. The van der Waals surface area contributed by atoms with E-state index in [1.54, 1.807) is 0 Å². The van der Waals surface area contributed by atoms with E-state index in [0.717, 1.165) is 29.5 Å². The lowest BCUT2D eigenvalue weighted by molar-refractivity contribution is -0.384. The molecule has 1 amide bonds. The Labute approximate surface area is 175 Å². The summed E-state index contributed by atoms with van der Waals surface area (Å²) in [6.45, 7) is 0.610. The van der Waals surface area contributed by atoms with Gasteiger partial charge in [-0.15, -0.1) is 0 Å². The van der Waals surface area contributed by atoms with E-state index in [2.05, 4.69) is 25.6 Å². The van der Waals surface area contributed by atoms with Crippen molar-refractivity contribution in [1.29, 1.82) is 0 Å². The van der Waals surface area contributed by atoms with Gasteiger partial charge in [-0.3, -0.25) is 14.9 Å². The lowest BCUT2D eigenvalue weighted by Gasteiger charge is -2.23. The molecule has 30 heavy (non-hydrogen) atoms. The van der Waals surface area contributed by atoms with Crippen molar-refractivity contribution in [3.05, 3.63) is 40.6 Å². The maximum Gasteiger partial charge on any atom is 0.329 e. The molecule has 11 heteroatoms. The van der Waals surface area contributed by atoms with Crippen LogP contribution in [0.3, 0.4) is 0 Å². The quantitative estimate of drug-likeness (QED) is 0.455. The zero-order valence-corrected chi connectivity index (χ0v) is 16.8. The van der Waals surface area contributed by atoms with E-state index < -0.39 is 11.0 Å². The number of nitro groups is 1. The summed E-state index contributed by atoms with van der Waals surface area (Å²) in [5, 5.41) is 17.9. The van der Waals surface area contributed by atoms with Gasteiger partial charge in [-0.2, -0.15) is 4.98 Å². The fourth-order valence-corrected chi connectivity index (χ4v) is 4.43. The molecule has 1 aliphatic carbocycles. The van der Waals surface area contributed by atoms with Crippen LogP contribution < -0.4 is 15.5 Å². The highest BCUT2D eigenvalue weighted by atomic mass is 32.1. The van der Waals surface area contributed by atoms with E-state index in [1.165, 1.54) is 17.5 Å². The van der Waals surface area contributed by atoms with Gasteiger partial charge in [-0.25, -0.2) is 9.97 Å². The van der Waals surface area contributed by atoms with Gasteiger partial charge in [-0.1, -0.05) is 23.5 Å². The normalized spacial score (nSPS) is 18.5. The fourth-order valence-electron chi connectivity index (χ4n) is 3.56. The molecule has 1 aliphatic heterocycles. The lowest BCUT2D eigenvalue weighted by atomic mass is 10.2. The highest BCUT2D eigenvalue weighted by Gasteiger charge is 2.34. The largest absolute Gasteiger partial charge is 0.361 e. The zero-order chi connectivity index (χ0) is 20.7. The molecular formula is C19H19N7O3S. The van der Waals surface area contributed by atoms with Gasteiger partial charge in [-0.05, 0) is 37.8 Å². The van der Waals surface area contributed by atoms with Crippen LogP contribution in [-0.4, -0.2) is 44.4 Å². The number of fused-ring (bicyclic) bond motifs is 1. The first-order valence-corrected chi connectivity index (χ1v) is 10.6. The van der Waals surface area contributed by atoms with Gasteiger partial charge in [0.25, 0.3) is 0 Å². The zero-order valence-electron chi connectivity index (χ0n) is 15.9. The molecule has 2 aliphatic rings. The second-order valence-corrected chi connectivity index (χ2v) is 8.44. The Morgan fingerprint density at radius 1 is 1.23 bits per heavy atom. The highest BCUT2D eigenvalue weighted by molar-refractivity contribution is 7.22. The van der Waals surface area contributed by atoms with Crippen molar-refractivity contribution in [1.82, 2.24) is 15.0 Å². The maximum absolute atomic E-state index is 13.0. The number of aromatic nitrogens is 3. The van der Waals surface area contributed by atoms with E-state index in [4.69, 9.17) is 0 Å². The lowest BCUT2D eigenvalue weighted by Crippen LogP contribution is -2.40. The Balaban J connectivity index is 1.37. The van der Waals surface area contributed by atoms with E-state index in [9.17, 15) is 14.9 Å². The number of rotatable bonds is 6. The molecule has 0 radical (unpaired) electrons. The molecule has 1 saturated heterocycles. The third-order valence-electron chi connectivity index (χ3n) is 5.21. The van der Waals surface area contributed by atoms with Crippen LogP contribution in [0.15, 0.2) is 30.5 Å². The third-order valence-corrected chi connectivity index (χ3v) is 6.16. The molecule has 2 N–H and O–H groups in total. The Hall–Kier alpha value is -3.34. The van der Waals surface area contributed by atoms with E-state index in [-0.39, 0.29) is 23.5 Å². The summed E-state index contributed by atoms with van der Waals surface area (Å²) in [6.07, 6.45) is 4.61. The number of carbonyl (C=O) groups is 1. The van der Waals surface area contributed by atoms with Crippen molar-refractivity contribution >= 4 is 50.0 Å². The SMILES string of the molecule is O=C(Nc1nc2ccccc2s1)[C@H]1CCCN1c1ncc([N+](=O)[O-])c(NC2CC2)n1. The van der Waals surface area contributed by atoms with Crippen LogP contribution >= 0.6 is 11.3 Å². The van der Waals surface area contributed by atoms with Crippen molar-refractivity contribution in [2.45, 2.75) is 37.8 Å². The molecule has 10 nitrogen and oxygen atoms in total. The van der Waals surface area contributed by atoms with Gasteiger partial charge in [0.1, 0.15) is 12.2 Å². The number of amides is 1. The van der Waals surface area contributed by atoms with Crippen molar-refractivity contribution in [3.63, 3.8) is 0 Å². The molecule has 2 aromatic heterocycles. The molecule has 2 fully saturated rings. The molecule has 3 aromatic rings. The van der Waals surface area contributed by atoms with Crippen molar-refractivity contribution in [2.24, 2.45) is 0 Å². The highest BCUT2D eigenvalue weighted by Crippen LogP contribution is 2.32. The number of carbonyl (C=O) groups excluding carboxylic acids is 1. The van der Waals surface area contributed by atoms with Crippen molar-refractivity contribution in [2.75, 3.05) is 22.1 Å². The third kappa shape index (κ3) is 3.63. The Morgan fingerprint density at radius 3 is 2.83 bits per heavy atom.